The Morgan fingerprint density at radius 2 is 2.15 bits per heavy atom. The molecule has 2 atom stereocenters. The van der Waals surface area contributed by atoms with Crippen LogP contribution in [0.25, 0.3) is 0 Å². The zero-order valence-corrected chi connectivity index (χ0v) is 12.7. The molecule has 0 spiro atoms. The van der Waals surface area contributed by atoms with Crippen molar-refractivity contribution in [1.29, 1.82) is 0 Å². The fourth-order valence-electron chi connectivity index (χ4n) is 3.18. The van der Waals surface area contributed by atoms with E-state index in [9.17, 15) is 4.79 Å². The molecule has 2 unspecified atom stereocenters. The second-order valence-corrected chi connectivity index (χ2v) is 5.80. The summed E-state index contributed by atoms with van der Waals surface area (Å²) in [5, 5.41) is 13.7. The third-order valence-electron chi connectivity index (χ3n) is 4.45. The van der Waals surface area contributed by atoms with Gasteiger partial charge < -0.3 is 10.6 Å². The van der Waals surface area contributed by atoms with Crippen molar-refractivity contribution in [2.75, 3.05) is 6.54 Å². The average molecular weight is 299 g/mol. The van der Waals surface area contributed by atoms with E-state index in [0.717, 1.165) is 37.2 Å². The highest BCUT2D eigenvalue weighted by atomic mass is 35.5. The number of halogens is 1. The highest BCUT2D eigenvalue weighted by molar-refractivity contribution is 5.94. The van der Waals surface area contributed by atoms with Crippen molar-refractivity contribution in [1.82, 2.24) is 20.8 Å². The van der Waals surface area contributed by atoms with Crippen LogP contribution in [-0.4, -0.2) is 28.7 Å². The molecule has 1 aromatic heterocycles. The molecule has 1 saturated carbocycles. The number of carbonyl (C=O) groups excluding carboxylic acids is 1. The van der Waals surface area contributed by atoms with Gasteiger partial charge in [0.1, 0.15) is 0 Å². The topological polar surface area (TPSA) is 69.8 Å². The Morgan fingerprint density at radius 1 is 1.35 bits per heavy atom. The molecule has 1 aliphatic heterocycles. The summed E-state index contributed by atoms with van der Waals surface area (Å²) in [5.74, 6) is 0.561. The first kappa shape index (κ1) is 15.3. The van der Waals surface area contributed by atoms with Crippen LogP contribution in [0.15, 0.2) is 0 Å². The number of rotatable bonds is 2. The lowest BCUT2D eigenvalue weighted by molar-refractivity contribution is 0.0904. The molecule has 3 rings (SSSR count). The average Bonchev–Trinajstić information content (AvgIpc) is 2.85. The zero-order chi connectivity index (χ0) is 13.2. The minimum atomic E-state index is -0.0139. The molecule has 6 heteroatoms. The Balaban J connectivity index is 0.00000147. The van der Waals surface area contributed by atoms with Crippen molar-refractivity contribution < 1.29 is 4.79 Å². The molecule has 0 aromatic carbocycles. The Labute approximate surface area is 125 Å². The predicted octanol–water partition coefficient (Wildman–Crippen LogP) is 1.79. The number of carbonyl (C=O) groups is 1. The lowest BCUT2D eigenvalue weighted by Crippen LogP contribution is -2.41. The van der Waals surface area contributed by atoms with E-state index in [-0.39, 0.29) is 18.3 Å². The number of hydrogen-bond donors (Lipinski definition) is 3. The van der Waals surface area contributed by atoms with E-state index in [1.165, 1.54) is 19.3 Å². The molecule has 5 nitrogen and oxygen atoms in total. The van der Waals surface area contributed by atoms with E-state index >= 15 is 0 Å². The minimum absolute atomic E-state index is 0. The van der Waals surface area contributed by atoms with Crippen LogP contribution in [0.3, 0.4) is 0 Å². The number of nitrogens with one attached hydrogen (secondary N) is 3. The normalized spacial score (nSPS) is 25.4. The monoisotopic (exact) mass is 298 g/mol. The molecule has 2 heterocycles. The second-order valence-electron chi connectivity index (χ2n) is 5.80. The maximum absolute atomic E-state index is 12.4. The first-order valence-corrected chi connectivity index (χ1v) is 7.33. The maximum Gasteiger partial charge on any atom is 0.272 e. The van der Waals surface area contributed by atoms with Gasteiger partial charge in [-0.25, -0.2) is 0 Å². The molecule has 3 N–H and O–H groups in total. The van der Waals surface area contributed by atoms with Gasteiger partial charge in [0.15, 0.2) is 5.69 Å². The highest BCUT2D eigenvalue weighted by Gasteiger charge is 2.26. The number of nitrogens with zero attached hydrogens (tertiary/aromatic N) is 1. The first-order valence-electron chi connectivity index (χ1n) is 7.33. The van der Waals surface area contributed by atoms with Gasteiger partial charge in [0.25, 0.3) is 5.91 Å². The smallest absolute Gasteiger partial charge is 0.272 e. The fraction of sp³-hybridized carbons (Fsp3) is 0.714. The number of aromatic nitrogens is 2. The summed E-state index contributed by atoms with van der Waals surface area (Å²) in [7, 11) is 0. The van der Waals surface area contributed by atoms with Crippen LogP contribution in [0.1, 0.15) is 54.4 Å². The van der Waals surface area contributed by atoms with E-state index in [4.69, 9.17) is 0 Å². The van der Waals surface area contributed by atoms with Gasteiger partial charge in [-0.3, -0.25) is 9.89 Å². The molecule has 20 heavy (non-hydrogen) atoms. The highest BCUT2D eigenvalue weighted by Crippen LogP contribution is 2.24. The van der Waals surface area contributed by atoms with Gasteiger partial charge >= 0.3 is 0 Å². The number of fused-ring (bicyclic) bond motifs is 1. The van der Waals surface area contributed by atoms with Crippen molar-refractivity contribution in [3.63, 3.8) is 0 Å². The summed E-state index contributed by atoms with van der Waals surface area (Å²) in [4.78, 5) is 12.4. The number of H-pyrrole nitrogens is 1. The summed E-state index contributed by atoms with van der Waals surface area (Å²) in [6, 6.07) is 0.310. The van der Waals surface area contributed by atoms with Gasteiger partial charge in [-0.15, -0.1) is 12.4 Å². The molecule has 0 radical (unpaired) electrons. The molecule has 0 saturated heterocycles. The van der Waals surface area contributed by atoms with Crippen molar-refractivity contribution in [2.24, 2.45) is 5.92 Å². The number of aromatic amines is 1. The molecule has 1 aromatic rings. The quantitative estimate of drug-likeness (QED) is 0.779. The van der Waals surface area contributed by atoms with E-state index < -0.39 is 0 Å². The Kier molecular flexibility index (Phi) is 5.05. The summed E-state index contributed by atoms with van der Waals surface area (Å²) >= 11 is 0. The predicted molar refractivity (Wildman–Crippen MR) is 80.1 cm³/mol. The molecule has 1 aliphatic carbocycles. The largest absolute Gasteiger partial charge is 0.348 e. The van der Waals surface area contributed by atoms with Crippen LogP contribution in [0.4, 0.5) is 0 Å². The van der Waals surface area contributed by atoms with E-state index in [1.54, 1.807) is 0 Å². The number of hydrogen-bond acceptors (Lipinski definition) is 3. The number of amides is 1. The molecule has 112 valence electrons. The van der Waals surface area contributed by atoms with Crippen LogP contribution < -0.4 is 10.6 Å². The minimum Gasteiger partial charge on any atom is -0.348 e. The summed E-state index contributed by atoms with van der Waals surface area (Å²) in [5.41, 5.74) is 2.74. The molecular weight excluding hydrogens is 276 g/mol. The first-order chi connectivity index (χ1) is 9.25. The third-order valence-corrected chi connectivity index (χ3v) is 4.45. The molecule has 0 bridgehead atoms. The Hall–Kier alpha value is -1.07. The van der Waals surface area contributed by atoms with Gasteiger partial charge in [0.05, 0.1) is 0 Å². The lowest BCUT2D eigenvalue weighted by atomic mass is 9.86. The second kappa shape index (κ2) is 6.59. The summed E-state index contributed by atoms with van der Waals surface area (Å²) in [6.07, 6.45) is 5.74. The molecular formula is C14H23ClN4O. The SMILES string of the molecule is CC1CCCCC1NC(=O)c1n[nH]c2c1CNCC2.Cl. The van der Waals surface area contributed by atoms with Crippen LogP contribution in [0, 0.1) is 5.92 Å². The Morgan fingerprint density at radius 3 is 2.95 bits per heavy atom. The third kappa shape index (κ3) is 2.99. The molecule has 2 aliphatic rings. The van der Waals surface area contributed by atoms with Gasteiger partial charge in [0, 0.05) is 36.8 Å². The van der Waals surface area contributed by atoms with E-state index in [1.807, 2.05) is 0 Å². The van der Waals surface area contributed by atoms with Gasteiger partial charge in [-0.05, 0) is 18.8 Å². The Bertz CT molecular complexity index is 474. The van der Waals surface area contributed by atoms with Crippen molar-refractivity contribution in [2.45, 2.75) is 51.6 Å². The van der Waals surface area contributed by atoms with Crippen LogP contribution in [0.2, 0.25) is 0 Å². The lowest BCUT2D eigenvalue weighted by Gasteiger charge is -2.29. The maximum atomic E-state index is 12.4. The van der Waals surface area contributed by atoms with Gasteiger partial charge in [0.2, 0.25) is 0 Å². The van der Waals surface area contributed by atoms with E-state index in [2.05, 4.69) is 27.8 Å². The van der Waals surface area contributed by atoms with Crippen molar-refractivity contribution in [3.05, 3.63) is 17.0 Å². The van der Waals surface area contributed by atoms with Crippen molar-refractivity contribution >= 4 is 18.3 Å². The van der Waals surface area contributed by atoms with Gasteiger partial charge in [-0.1, -0.05) is 19.8 Å². The summed E-state index contributed by atoms with van der Waals surface area (Å²) in [6.45, 7) is 3.93. The molecule has 1 amide bonds. The summed E-state index contributed by atoms with van der Waals surface area (Å²) < 4.78 is 0. The fourth-order valence-corrected chi connectivity index (χ4v) is 3.18. The van der Waals surface area contributed by atoms with Crippen LogP contribution in [-0.2, 0) is 13.0 Å². The van der Waals surface area contributed by atoms with Crippen LogP contribution >= 0.6 is 12.4 Å². The standard InChI is InChI=1S/C14H22N4O.ClH/c1-9-4-2-3-5-11(9)16-14(19)13-10-8-15-7-6-12(10)17-18-13;/h9,11,15H,2-8H2,1H3,(H,16,19)(H,17,18);1H. The van der Waals surface area contributed by atoms with E-state index in [0.29, 0.717) is 17.7 Å². The van der Waals surface area contributed by atoms with Crippen LogP contribution in [0.5, 0.6) is 0 Å². The zero-order valence-electron chi connectivity index (χ0n) is 11.9. The van der Waals surface area contributed by atoms with Crippen molar-refractivity contribution in [3.8, 4) is 0 Å². The molecule has 1 fully saturated rings. The van der Waals surface area contributed by atoms with Gasteiger partial charge in [-0.2, -0.15) is 5.10 Å².